The zero-order valence-corrected chi connectivity index (χ0v) is 17.6. The number of alkyl halides is 2. The van der Waals surface area contributed by atoms with Gasteiger partial charge in [-0.15, -0.1) is 0 Å². The van der Waals surface area contributed by atoms with Gasteiger partial charge in [-0.25, -0.2) is 27.7 Å². The van der Waals surface area contributed by atoms with Crippen molar-refractivity contribution >= 4 is 45.9 Å². The predicted octanol–water partition coefficient (Wildman–Crippen LogP) is 4.04. The number of halogens is 5. The maximum absolute atomic E-state index is 13.9. The summed E-state index contributed by atoms with van der Waals surface area (Å²) in [4.78, 5) is 25.0. The average molecular weight is 485 g/mol. The first-order valence-corrected chi connectivity index (χ1v) is 9.72. The third-order valence-corrected chi connectivity index (χ3v) is 5.15. The van der Waals surface area contributed by atoms with Crippen molar-refractivity contribution in [3.63, 3.8) is 0 Å². The number of nitrogens with zero attached hydrogens (tertiary/aromatic N) is 5. The molecular formula is C18H13Cl2F3N8O. The SMILES string of the molecule is C[C@H](Nc1nc(N)nc(C(F)F)c1Cl)c1nc2c(Cl)cc(F)cc2c(=O)n1-c1ccn[nH]1. The van der Waals surface area contributed by atoms with Crippen LogP contribution < -0.4 is 16.6 Å². The fourth-order valence-corrected chi connectivity index (χ4v) is 3.59. The molecule has 3 heterocycles. The van der Waals surface area contributed by atoms with Crippen molar-refractivity contribution in [2.75, 3.05) is 11.1 Å². The number of benzene rings is 1. The first-order valence-electron chi connectivity index (χ1n) is 8.96. The Labute approximate surface area is 187 Å². The van der Waals surface area contributed by atoms with Gasteiger partial charge in [0.05, 0.1) is 28.2 Å². The van der Waals surface area contributed by atoms with Crippen LogP contribution in [0, 0.1) is 5.82 Å². The van der Waals surface area contributed by atoms with Crippen molar-refractivity contribution in [2.24, 2.45) is 0 Å². The Morgan fingerprint density at radius 3 is 2.62 bits per heavy atom. The number of rotatable bonds is 5. The van der Waals surface area contributed by atoms with E-state index in [4.69, 9.17) is 28.9 Å². The molecule has 14 heteroatoms. The second kappa shape index (κ2) is 8.28. The van der Waals surface area contributed by atoms with E-state index >= 15 is 0 Å². The van der Waals surface area contributed by atoms with Crippen LogP contribution in [0.15, 0.2) is 29.2 Å². The molecule has 9 nitrogen and oxygen atoms in total. The van der Waals surface area contributed by atoms with Crippen LogP contribution >= 0.6 is 23.2 Å². The highest BCUT2D eigenvalue weighted by atomic mass is 35.5. The summed E-state index contributed by atoms with van der Waals surface area (Å²) < 4.78 is 41.5. The fraction of sp³-hybridized carbons (Fsp3) is 0.167. The first-order chi connectivity index (χ1) is 15.2. The Kier molecular flexibility index (Phi) is 5.65. The Balaban J connectivity index is 1.91. The maximum Gasteiger partial charge on any atom is 0.282 e. The Hall–Kier alpha value is -3.38. The molecule has 0 spiro atoms. The molecule has 0 aliphatic heterocycles. The van der Waals surface area contributed by atoms with E-state index in [-0.39, 0.29) is 33.4 Å². The van der Waals surface area contributed by atoms with Gasteiger partial charge < -0.3 is 11.1 Å². The molecule has 0 bridgehead atoms. The van der Waals surface area contributed by atoms with Gasteiger partial charge in [0.15, 0.2) is 5.82 Å². The number of nitrogens with two attached hydrogens (primary N) is 1. The van der Waals surface area contributed by atoms with Crippen LogP contribution in [0.1, 0.15) is 30.9 Å². The van der Waals surface area contributed by atoms with Gasteiger partial charge in [-0.3, -0.25) is 9.89 Å². The van der Waals surface area contributed by atoms with E-state index in [1.54, 1.807) is 6.92 Å². The van der Waals surface area contributed by atoms with Crippen molar-refractivity contribution < 1.29 is 13.2 Å². The standard InChI is InChI=1S/C18H13Cl2F3N8O/c1-6(26-15-11(20)13(14(22)23)28-18(24)29-15)16-27-12-8(4-7(21)5-9(12)19)17(32)31(16)10-2-3-25-30-10/h2-6,14H,1H3,(H,25,30)(H3,24,26,28,29)/t6-/m0/s1. The molecule has 166 valence electrons. The molecular weight excluding hydrogens is 472 g/mol. The molecule has 4 rings (SSSR count). The molecule has 1 aromatic carbocycles. The van der Waals surface area contributed by atoms with Crippen LogP contribution in [-0.4, -0.2) is 29.7 Å². The lowest BCUT2D eigenvalue weighted by Gasteiger charge is -2.20. The molecule has 4 N–H and O–H groups in total. The van der Waals surface area contributed by atoms with Crippen molar-refractivity contribution in [1.29, 1.82) is 0 Å². The Bertz CT molecular complexity index is 1380. The summed E-state index contributed by atoms with van der Waals surface area (Å²) in [6.45, 7) is 1.58. The third kappa shape index (κ3) is 3.82. The Morgan fingerprint density at radius 1 is 1.22 bits per heavy atom. The lowest BCUT2D eigenvalue weighted by molar-refractivity contribution is 0.146. The molecule has 0 amide bonds. The van der Waals surface area contributed by atoms with Gasteiger partial charge in [0.1, 0.15) is 28.2 Å². The number of nitrogen functional groups attached to an aromatic ring is 1. The fourth-order valence-electron chi connectivity index (χ4n) is 3.12. The molecule has 0 aliphatic carbocycles. The molecule has 32 heavy (non-hydrogen) atoms. The average Bonchev–Trinajstić information content (AvgIpc) is 3.25. The summed E-state index contributed by atoms with van der Waals surface area (Å²) in [6.07, 6.45) is -1.58. The summed E-state index contributed by atoms with van der Waals surface area (Å²) in [7, 11) is 0. The van der Waals surface area contributed by atoms with E-state index in [2.05, 4.69) is 30.5 Å². The summed E-state index contributed by atoms with van der Waals surface area (Å²) >= 11 is 12.1. The van der Waals surface area contributed by atoms with E-state index in [1.165, 1.54) is 12.3 Å². The number of aromatic nitrogens is 6. The molecule has 0 aliphatic rings. The lowest BCUT2D eigenvalue weighted by Crippen LogP contribution is -2.28. The third-order valence-electron chi connectivity index (χ3n) is 4.49. The minimum absolute atomic E-state index is 0.0547. The van der Waals surface area contributed by atoms with E-state index in [9.17, 15) is 18.0 Å². The molecule has 3 aromatic heterocycles. The van der Waals surface area contributed by atoms with Crippen LogP contribution in [0.5, 0.6) is 0 Å². The maximum atomic E-state index is 13.9. The van der Waals surface area contributed by atoms with E-state index in [0.717, 1.165) is 16.7 Å². The van der Waals surface area contributed by atoms with Crippen LogP contribution in [0.2, 0.25) is 10.0 Å². The monoisotopic (exact) mass is 484 g/mol. The van der Waals surface area contributed by atoms with Crippen molar-refractivity contribution in [2.45, 2.75) is 19.4 Å². The molecule has 0 unspecified atom stereocenters. The number of hydrogen-bond donors (Lipinski definition) is 3. The van der Waals surface area contributed by atoms with Gasteiger partial charge in [-0.05, 0) is 19.1 Å². The minimum Gasteiger partial charge on any atom is -0.368 e. The van der Waals surface area contributed by atoms with Crippen LogP contribution in [0.4, 0.5) is 24.9 Å². The molecule has 0 fully saturated rings. The zero-order chi connectivity index (χ0) is 23.2. The zero-order valence-electron chi connectivity index (χ0n) is 16.1. The summed E-state index contributed by atoms with van der Waals surface area (Å²) in [5.41, 5.74) is 4.20. The number of aromatic amines is 1. The first kappa shape index (κ1) is 21.8. The summed E-state index contributed by atoms with van der Waals surface area (Å²) in [5.74, 6) is -0.991. The molecule has 4 aromatic rings. The van der Waals surface area contributed by atoms with Gasteiger partial charge in [-0.2, -0.15) is 10.1 Å². The second-order valence-corrected chi connectivity index (χ2v) is 7.42. The van der Waals surface area contributed by atoms with Crippen LogP contribution in [-0.2, 0) is 0 Å². The van der Waals surface area contributed by atoms with E-state index in [1.807, 2.05) is 0 Å². The molecule has 0 saturated heterocycles. The summed E-state index contributed by atoms with van der Waals surface area (Å²) in [5, 5.41) is 8.70. The topological polar surface area (TPSA) is 127 Å². The second-order valence-electron chi connectivity index (χ2n) is 6.63. The Morgan fingerprint density at radius 2 is 1.97 bits per heavy atom. The number of nitrogens with one attached hydrogen (secondary N) is 2. The van der Waals surface area contributed by atoms with Crippen LogP contribution in [0.3, 0.4) is 0 Å². The lowest BCUT2D eigenvalue weighted by atomic mass is 10.2. The highest BCUT2D eigenvalue weighted by Gasteiger charge is 2.24. The largest absolute Gasteiger partial charge is 0.368 e. The quantitative estimate of drug-likeness (QED) is 0.390. The molecule has 1 atom stereocenters. The van der Waals surface area contributed by atoms with Crippen molar-refractivity contribution in [3.8, 4) is 5.82 Å². The number of anilines is 2. The van der Waals surface area contributed by atoms with E-state index < -0.39 is 40.5 Å². The van der Waals surface area contributed by atoms with Crippen LogP contribution in [0.25, 0.3) is 16.7 Å². The smallest absolute Gasteiger partial charge is 0.282 e. The number of hydrogen-bond acceptors (Lipinski definition) is 7. The highest BCUT2D eigenvalue weighted by Crippen LogP contribution is 2.33. The van der Waals surface area contributed by atoms with Crippen molar-refractivity contribution in [1.82, 2.24) is 29.7 Å². The molecule has 0 saturated carbocycles. The van der Waals surface area contributed by atoms with Gasteiger partial charge in [-0.1, -0.05) is 23.2 Å². The normalized spacial score (nSPS) is 12.5. The van der Waals surface area contributed by atoms with Crippen molar-refractivity contribution in [3.05, 3.63) is 62.1 Å². The number of fused-ring (bicyclic) bond motifs is 1. The summed E-state index contributed by atoms with van der Waals surface area (Å²) in [6, 6.07) is 2.70. The molecule has 0 radical (unpaired) electrons. The van der Waals surface area contributed by atoms with Gasteiger partial charge in [0, 0.05) is 6.07 Å². The number of H-pyrrole nitrogens is 1. The minimum atomic E-state index is -2.99. The van der Waals surface area contributed by atoms with Gasteiger partial charge >= 0.3 is 0 Å². The van der Waals surface area contributed by atoms with Gasteiger partial charge in [0.2, 0.25) is 5.95 Å². The highest BCUT2D eigenvalue weighted by molar-refractivity contribution is 6.35. The van der Waals surface area contributed by atoms with E-state index in [0.29, 0.717) is 0 Å². The predicted molar refractivity (Wildman–Crippen MR) is 113 cm³/mol. The van der Waals surface area contributed by atoms with Gasteiger partial charge in [0.25, 0.3) is 12.0 Å².